The molecule has 0 bridgehead atoms. The van der Waals surface area contributed by atoms with Gasteiger partial charge in [-0.15, -0.1) is 0 Å². The number of hydrogen-bond donors (Lipinski definition) is 0. The Morgan fingerprint density at radius 1 is 0.958 bits per heavy atom. The van der Waals surface area contributed by atoms with E-state index in [0.29, 0.717) is 16.9 Å². The molecule has 0 amide bonds. The van der Waals surface area contributed by atoms with Gasteiger partial charge in [-0.25, -0.2) is 4.79 Å². The Labute approximate surface area is 142 Å². The average Bonchev–Trinajstić information content (AvgIpc) is 2.60. The van der Waals surface area contributed by atoms with Gasteiger partial charge < -0.3 is 14.2 Å². The average molecular weight is 326 g/mol. The van der Waals surface area contributed by atoms with Gasteiger partial charge in [0.25, 0.3) is 0 Å². The molecule has 0 heterocycles. The van der Waals surface area contributed by atoms with Crippen molar-refractivity contribution in [1.82, 2.24) is 0 Å². The van der Waals surface area contributed by atoms with Crippen LogP contribution in [0.3, 0.4) is 0 Å². The maximum atomic E-state index is 12.1. The highest BCUT2D eigenvalue weighted by Crippen LogP contribution is 2.33. The molecule has 126 valence electrons. The monoisotopic (exact) mass is 326 g/mol. The van der Waals surface area contributed by atoms with Crippen LogP contribution in [0.15, 0.2) is 60.9 Å². The van der Waals surface area contributed by atoms with E-state index >= 15 is 0 Å². The lowest BCUT2D eigenvalue weighted by Gasteiger charge is -2.28. The minimum atomic E-state index is -0.564. The lowest BCUT2D eigenvalue weighted by Crippen LogP contribution is -2.25. The molecule has 0 atom stereocenters. The van der Waals surface area contributed by atoms with Crippen molar-refractivity contribution in [2.75, 3.05) is 14.2 Å². The molecule has 24 heavy (non-hydrogen) atoms. The second-order valence-electron chi connectivity index (χ2n) is 5.73. The molecule has 0 saturated carbocycles. The molecule has 2 aromatic carbocycles. The third-order valence-electron chi connectivity index (χ3n) is 3.65. The van der Waals surface area contributed by atoms with E-state index in [-0.39, 0.29) is 0 Å². The van der Waals surface area contributed by atoms with Crippen LogP contribution in [0, 0.1) is 0 Å². The molecule has 0 fully saturated rings. The van der Waals surface area contributed by atoms with Crippen LogP contribution in [0.5, 0.6) is 5.75 Å². The molecule has 0 radical (unpaired) electrons. The van der Waals surface area contributed by atoms with Crippen molar-refractivity contribution in [2.45, 2.75) is 19.4 Å². The third-order valence-corrected chi connectivity index (χ3v) is 3.65. The number of esters is 1. The molecule has 0 N–H and O–H groups in total. The van der Waals surface area contributed by atoms with Gasteiger partial charge in [-0.1, -0.05) is 48.5 Å². The minimum absolute atomic E-state index is 0.305. The number of methoxy groups -OCH3 is 2. The summed E-state index contributed by atoms with van der Waals surface area (Å²) in [6, 6.07) is 17.2. The first-order valence-corrected chi connectivity index (χ1v) is 7.65. The van der Waals surface area contributed by atoms with Crippen molar-refractivity contribution >= 4 is 11.5 Å². The van der Waals surface area contributed by atoms with Crippen LogP contribution in [0.25, 0.3) is 5.57 Å². The molecule has 2 aromatic rings. The second-order valence-corrected chi connectivity index (χ2v) is 5.73. The van der Waals surface area contributed by atoms with Crippen LogP contribution in [-0.2, 0) is 19.9 Å². The van der Waals surface area contributed by atoms with E-state index < -0.39 is 11.6 Å². The molecular formula is C20H22O4. The Hall–Kier alpha value is -2.75. The lowest BCUT2D eigenvalue weighted by atomic mass is 9.97. The predicted molar refractivity (Wildman–Crippen MR) is 93.5 cm³/mol. The second kappa shape index (κ2) is 7.68. The zero-order valence-corrected chi connectivity index (χ0v) is 14.4. The third kappa shape index (κ3) is 3.96. The molecule has 0 aliphatic heterocycles. The topological polar surface area (TPSA) is 44.8 Å². The van der Waals surface area contributed by atoms with Gasteiger partial charge in [0.05, 0.1) is 20.5 Å². The van der Waals surface area contributed by atoms with Gasteiger partial charge in [-0.05, 0) is 25.5 Å². The Balaban J connectivity index is 2.42. The van der Waals surface area contributed by atoms with Crippen LogP contribution < -0.4 is 4.74 Å². The smallest absolute Gasteiger partial charge is 0.341 e. The number of para-hydroxylation sites is 1. The number of hydrogen-bond acceptors (Lipinski definition) is 4. The molecule has 0 unspecified atom stereocenters. The Morgan fingerprint density at radius 2 is 1.58 bits per heavy atom. The first-order chi connectivity index (χ1) is 11.5. The largest absolute Gasteiger partial charge is 0.503 e. The molecule has 0 aromatic heterocycles. The summed E-state index contributed by atoms with van der Waals surface area (Å²) in [6.07, 6.45) is 1.36. The van der Waals surface area contributed by atoms with Gasteiger partial charge in [0.2, 0.25) is 0 Å². The highest BCUT2D eigenvalue weighted by atomic mass is 16.5. The zero-order chi connectivity index (χ0) is 17.6. The van der Waals surface area contributed by atoms with Crippen molar-refractivity contribution in [3.05, 3.63) is 72.0 Å². The molecule has 2 rings (SSSR count). The van der Waals surface area contributed by atoms with Crippen molar-refractivity contribution in [3.8, 4) is 5.75 Å². The summed E-state index contributed by atoms with van der Waals surface area (Å²) in [5, 5.41) is 0. The van der Waals surface area contributed by atoms with Crippen LogP contribution in [0.2, 0.25) is 0 Å². The van der Waals surface area contributed by atoms with Gasteiger partial charge in [-0.2, -0.15) is 0 Å². The first kappa shape index (κ1) is 17.6. The van der Waals surface area contributed by atoms with E-state index in [1.54, 1.807) is 6.07 Å². The summed E-state index contributed by atoms with van der Waals surface area (Å²) in [5.41, 5.74) is 1.40. The predicted octanol–water partition coefficient (Wildman–Crippen LogP) is 4.16. The Kier molecular flexibility index (Phi) is 5.64. The van der Waals surface area contributed by atoms with Crippen LogP contribution in [0.4, 0.5) is 0 Å². The SMILES string of the molecule is CO/C=C(\C(=O)OC)c1ccccc1OC(C)(C)c1ccccc1. The molecule has 4 heteroatoms. The van der Waals surface area contributed by atoms with Gasteiger partial charge in [-0.3, -0.25) is 0 Å². The highest BCUT2D eigenvalue weighted by Gasteiger charge is 2.25. The summed E-state index contributed by atoms with van der Waals surface area (Å²) in [4.78, 5) is 12.1. The van der Waals surface area contributed by atoms with E-state index in [9.17, 15) is 4.79 Å². The molecule has 4 nitrogen and oxygen atoms in total. The fourth-order valence-corrected chi connectivity index (χ4v) is 2.40. The van der Waals surface area contributed by atoms with Gasteiger partial charge >= 0.3 is 5.97 Å². The number of benzene rings is 2. The van der Waals surface area contributed by atoms with E-state index in [1.165, 1.54) is 20.5 Å². The summed E-state index contributed by atoms with van der Waals surface area (Å²) in [5.74, 6) is 0.102. The Morgan fingerprint density at radius 3 is 2.21 bits per heavy atom. The van der Waals surface area contributed by atoms with E-state index in [1.807, 2.05) is 62.4 Å². The normalized spacial score (nSPS) is 11.8. The molecule has 0 spiro atoms. The van der Waals surface area contributed by atoms with Gasteiger partial charge in [0.15, 0.2) is 0 Å². The molecule has 0 saturated heterocycles. The first-order valence-electron chi connectivity index (χ1n) is 7.65. The fourth-order valence-electron chi connectivity index (χ4n) is 2.40. The van der Waals surface area contributed by atoms with Crippen molar-refractivity contribution in [1.29, 1.82) is 0 Å². The molecule has 0 aliphatic rings. The lowest BCUT2D eigenvalue weighted by molar-refractivity contribution is -0.133. The summed E-state index contributed by atoms with van der Waals surface area (Å²) in [6.45, 7) is 3.97. The maximum Gasteiger partial charge on any atom is 0.341 e. The summed E-state index contributed by atoms with van der Waals surface area (Å²) < 4.78 is 16.1. The van der Waals surface area contributed by atoms with Crippen molar-refractivity contribution in [2.24, 2.45) is 0 Å². The van der Waals surface area contributed by atoms with E-state index in [2.05, 4.69) is 0 Å². The summed E-state index contributed by atoms with van der Waals surface area (Å²) in [7, 11) is 2.82. The molecule has 0 aliphatic carbocycles. The number of ether oxygens (including phenoxy) is 3. The van der Waals surface area contributed by atoms with E-state index in [4.69, 9.17) is 14.2 Å². The van der Waals surface area contributed by atoms with Crippen LogP contribution in [-0.4, -0.2) is 20.2 Å². The quantitative estimate of drug-likeness (QED) is 0.454. The van der Waals surface area contributed by atoms with Crippen molar-refractivity contribution in [3.63, 3.8) is 0 Å². The zero-order valence-electron chi connectivity index (χ0n) is 14.4. The molecular weight excluding hydrogens is 304 g/mol. The number of carbonyl (C=O) groups is 1. The number of rotatable bonds is 6. The van der Waals surface area contributed by atoms with Gasteiger partial charge in [0, 0.05) is 5.56 Å². The Bertz CT molecular complexity index is 717. The minimum Gasteiger partial charge on any atom is -0.503 e. The van der Waals surface area contributed by atoms with Crippen LogP contribution >= 0.6 is 0 Å². The highest BCUT2D eigenvalue weighted by molar-refractivity contribution is 6.16. The van der Waals surface area contributed by atoms with Crippen molar-refractivity contribution < 1.29 is 19.0 Å². The van der Waals surface area contributed by atoms with E-state index in [0.717, 1.165) is 5.56 Å². The maximum absolute atomic E-state index is 12.1. The fraction of sp³-hybridized carbons (Fsp3) is 0.250. The number of carbonyl (C=O) groups excluding carboxylic acids is 1. The van der Waals surface area contributed by atoms with Crippen LogP contribution in [0.1, 0.15) is 25.0 Å². The van der Waals surface area contributed by atoms with Gasteiger partial charge in [0.1, 0.15) is 16.9 Å². The standard InChI is InChI=1S/C20H22O4/c1-20(2,15-10-6-5-7-11-15)24-18-13-9-8-12-16(18)17(14-22-3)19(21)23-4/h5-14H,1-4H3/b17-14-. The summed E-state index contributed by atoms with van der Waals surface area (Å²) >= 11 is 0.